The molecular formula is C15H23N3O3. The van der Waals surface area contributed by atoms with Crippen molar-refractivity contribution >= 4 is 11.9 Å². The van der Waals surface area contributed by atoms with E-state index in [1.54, 1.807) is 0 Å². The van der Waals surface area contributed by atoms with Crippen LogP contribution < -0.4 is 16.4 Å². The van der Waals surface area contributed by atoms with Gasteiger partial charge in [-0.1, -0.05) is 13.8 Å². The number of furan rings is 1. The number of primary amides is 1. The van der Waals surface area contributed by atoms with Crippen molar-refractivity contribution < 1.29 is 14.0 Å². The van der Waals surface area contributed by atoms with Gasteiger partial charge in [0.15, 0.2) is 0 Å². The minimum Gasteiger partial charge on any atom is -0.466 e. The molecule has 1 aromatic heterocycles. The van der Waals surface area contributed by atoms with Gasteiger partial charge in [0, 0.05) is 24.9 Å². The maximum atomic E-state index is 11.9. The smallest absolute Gasteiger partial charge is 0.315 e. The number of hydrogen-bond acceptors (Lipinski definition) is 3. The van der Waals surface area contributed by atoms with Crippen LogP contribution in [0.3, 0.4) is 0 Å². The Labute approximate surface area is 124 Å². The van der Waals surface area contributed by atoms with Crippen LogP contribution in [0.2, 0.25) is 0 Å². The number of fused-ring (bicyclic) bond motifs is 1. The summed E-state index contributed by atoms with van der Waals surface area (Å²) in [7, 11) is 0. The highest BCUT2D eigenvalue weighted by Gasteiger charge is 2.35. The van der Waals surface area contributed by atoms with Gasteiger partial charge in [0.05, 0.1) is 6.04 Å². The van der Waals surface area contributed by atoms with Crippen LogP contribution in [0.25, 0.3) is 0 Å². The molecule has 0 aromatic carbocycles. The van der Waals surface area contributed by atoms with E-state index < -0.39 is 5.91 Å². The molecule has 0 saturated carbocycles. The second kappa shape index (κ2) is 5.79. The lowest BCUT2D eigenvalue weighted by Gasteiger charge is -2.34. The summed E-state index contributed by atoms with van der Waals surface area (Å²) < 4.78 is 5.73. The van der Waals surface area contributed by atoms with Crippen molar-refractivity contribution in [2.24, 2.45) is 11.1 Å². The summed E-state index contributed by atoms with van der Waals surface area (Å²) in [5.41, 5.74) is 6.17. The largest absolute Gasteiger partial charge is 0.466 e. The fourth-order valence-corrected chi connectivity index (χ4v) is 2.82. The molecule has 21 heavy (non-hydrogen) atoms. The van der Waals surface area contributed by atoms with Crippen LogP contribution in [0, 0.1) is 12.3 Å². The first-order valence-electron chi connectivity index (χ1n) is 7.19. The summed E-state index contributed by atoms with van der Waals surface area (Å²) in [5.74, 6) is 1.38. The standard InChI is InChI=1S/C15H23N3O3/c1-9-6-10-11(7-15(2,3)8-12(10)21-9)18-14(20)17-5-4-13(16)19/h6,11H,4-5,7-8H2,1-3H3,(H2,16,19)(H2,17,18,20). The lowest BCUT2D eigenvalue weighted by molar-refractivity contribution is -0.117. The molecule has 1 aromatic rings. The van der Waals surface area contributed by atoms with Crippen molar-refractivity contribution in [1.82, 2.24) is 10.6 Å². The number of carbonyl (C=O) groups is 2. The van der Waals surface area contributed by atoms with Crippen molar-refractivity contribution in [3.05, 3.63) is 23.2 Å². The van der Waals surface area contributed by atoms with Gasteiger partial charge in [-0.3, -0.25) is 4.79 Å². The van der Waals surface area contributed by atoms with Crippen LogP contribution in [0.15, 0.2) is 10.5 Å². The first-order valence-corrected chi connectivity index (χ1v) is 7.19. The first kappa shape index (κ1) is 15.4. The molecule has 1 atom stereocenters. The zero-order chi connectivity index (χ0) is 15.6. The maximum Gasteiger partial charge on any atom is 0.315 e. The zero-order valence-electron chi connectivity index (χ0n) is 12.8. The van der Waals surface area contributed by atoms with Gasteiger partial charge in [-0.2, -0.15) is 0 Å². The molecule has 6 heteroatoms. The van der Waals surface area contributed by atoms with Gasteiger partial charge >= 0.3 is 6.03 Å². The fourth-order valence-electron chi connectivity index (χ4n) is 2.82. The number of amides is 3. The summed E-state index contributed by atoms with van der Waals surface area (Å²) in [5, 5.41) is 5.60. The molecular weight excluding hydrogens is 270 g/mol. The molecule has 2 rings (SSSR count). The number of aryl methyl sites for hydroxylation is 1. The normalized spacial score (nSPS) is 19.7. The summed E-state index contributed by atoms with van der Waals surface area (Å²) in [6, 6.07) is 1.62. The second-order valence-corrected chi connectivity index (χ2v) is 6.45. The molecule has 1 aliphatic carbocycles. The molecule has 0 bridgehead atoms. The minimum absolute atomic E-state index is 0.0719. The highest BCUT2D eigenvalue weighted by Crippen LogP contribution is 2.41. The Morgan fingerprint density at radius 1 is 1.48 bits per heavy atom. The molecule has 0 spiro atoms. The Balaban J connectivity index is 2.02. The van der Waals surface area contributed by atoms with E-state index in [-0.39, 0.29) is 30.5 Å². The molecule has 1 heterocycles. The van der Waals surface area contributed by atoms with Gasteiger partial charge in [-0.25, -0.2) is 4.79 Å². The monoisotopic (exact) mass is 293 g/mol. The van der Waals surface area contributed by atoms with Gasteiger partial charge < -0.3 is 20.8 Å². The highest BCUT2D eigenvalue weighted by atomic mass is 16.3. The van der Waals surface area contributed by atoms with Crippen LogP contribution in [0.1, 0.15) is 49.8 Å². The number of nitrogens with two attached hydrogens (primary N) is 1. The van der Waals surface area contributed by atoms with E-state index in [1.165, 1.54) is 0 Å². The average Bonchev–Trinajstić information content (AvgIpc) is 2.67. The number of urea groups is 1. The van der Waals surface area contributed by atoms with Crippen LogP contribution >= 0.6 is 0 Å². The number of rotatable bonds is 4. The molecule has 6 nitrogen and oxygen atoms in total. The molecule has 1 aliphatic rings. The van der Waals surface area contributed by atoms with Crippen molar-refractivity contribution in [1.29, 1.82) is 0 Å². The molecule has 0 saturated heterocycles. The van der Waals surface area contributed by atoms with E-state index in [4.69, 9.17) is 10.2 Å². The van der Waals surface area contributed by atoms with Crippen LogP contribution in [0.5, 0.6) is 0 Å². The van der Waals surface area contributed by atoms with Crippen molar-refractivity contribution in [2.45, 2.75) is 46.1 Å². The van der Waals surface area contributed by atoms with Crippen LogP contribution in [0.4, 0.5) is 4.79 Å². The second-order valence-electron chi connectivity index (χ2n) is 6.45. The topological polar surface area (TPSA) is 97.4 Å². The zero-order valence-corrected chi connectivity index (χ0v) is 12.8. The highest BCUT2D eigenvalue weighted by molar-refractivity contribution is 5.77. The number of hydrogen-bond donors (Lipinski definition) is 3. The summed E-state index contributed by atoms with van der Waals surface area (Å²) >= 11 is 0. The van der Waals surface area contributed by atoms with Crippen molar-refractivity contribution in [2.75, 3.05) is 6.54 Å². The van der Waals surface area contributed by atoms with E-state index in [2.05, 4.69) is 24.5 Å². The van der Waals surface area contributed by atoms with Gasteiger partial charge in [-0.15, -0.1) is 0 Å². The maximum absolute atomic E-state index is 11.9. The molecule has 1 unspecified atom stereocenters. The van der Waals surface area contributed by atoms with E-state index in [1.807, 2.05) is 13.0 Å². The third-order valence-electron chi connectivity index (χ3n) is 3.70. The Kier molecular flexibility index (Phi) is 4.25. The third kappa shape index (κ3) is 4.00. The fraction of sp³-hybridized carbons (Fsp3) is 0.600. The Hall–Kier alpha value is -1.98. The molecule has 3 amide bonds. The summed E-state index contributed by atoms with van der Waals surface area (Å²) in [6.07, 6.45) is 1.86. The van der Waals surface area contributed by atoms with E-state index >= 15 is 0 Å². The van der Waals surface area contributed by atoms with Gasteiger partial charge in [0.2, 0.25) is 5.91 Å². The number of carbonyl (C=O) groups excluding carboxylic acids is 2. The molecule has 116 valence electrons. The quantitative estimate of drug-likeness (QED) is 0.789. The molecule has 0 radical (unpaired) electrons. The summed E-state index contributed by atoms with van der Waals surface area (Å²) in [4.78, 5) is 22.6. The predicted molar refractivity (Wildman–Crippen MR) is 78.6 cm³/mol. The molecule has 0 aliphatic heterocycles. The van der Waals surface area contributed by atoms with E-state index in [0.717, 1.165) is 29.9 Å². The lowest BCUT2D eigenvalue weighted by atomic mass is 9.75. The average molecular weight is 293 g/mol. The van der Waals surface area contributed by atoms with Crippen LogP contribution in [-0.4, -0.2) is 18.5 Å². The molecule has 0 fully saturated rings. The van der Waals surface area contributed by atoms with Crippen molar-refractivity contribution in [3.8, 4) is 0 Å². The SMILES string of the molecule is Cc1cc2c(o1)CC(C)(C)CC2NC(=O)NCCC(N)=O. The van der Waals surface area contributed by atoms with E-state index in [0.29, 0.717) is 0 Å². The number of nitrogens with one attached hydrogen (secondary N) is 2. The van der Waals surface area contributed by atoms with E-state index in [9.17, 15) is 9.59 Å². The molecule has 4 N–H and O–H groups in total. The Bertz CT molecular complexity index is 548. The van der Waals surface area contributed by atoms with Crippen molar-refractivity contribution in [3.63, 3.8) is 0 Å². The third-order valence-corrected chi connectivity index (χ3v) is 3.70. The van der Waals surface area contributed by atoms with Gasteiger partial charge in [0.25, 0.3) is 0 Å². The van der Waals surface area contributed by atoms with Gasteiger partial charge in [0.1, 0.15) is 11.5 Å². The van der Waals surface area contributed by atoms with Gasteiger partial charge in [-0.05, 0) is 24.8 Å². The Morgan fingerprint density at radius 3 is 2.86 bits per heavy atom. The predicted octanol–water partition coefficient (Wildman–Crippen LogP) is 1.78. The lowest BCUT2D eigenvalue weighted by Crippen LogP contribution is -2.42. The summed E-state index contributed by atoms with van der Waals surface area (Å²) in [6.45, 7) is 6.48. The van der Waals surface area contributed by atoms with Crippen LogP contribution in [-0.2, 0) is 11.2 Å². The minimum atomic E-state index is -0.429. The Morgan fingerprint density at radius 2 is 2.19 bits per heavy atom. The first-order chi connectivity index (χ1) is 9.77.